The fourth-order valence-electron chi connectivity index (χ4n) is 3.23. The third-order valence-corrected chi connectivity index (χ3v) is 4.55. The number of benzene rings is 3. The number of carbonyl (C=O) groups excluding carboxylic acids is 1. The van der Waals surface area contributed by atoms with Gasteiger partial charge in [-0.05, 0) is 74.4 Å². The molecule has 0 aliphatic carbocycles. The molecule has 3 aromatic carbocycles. The van der Waals surface area contributed by atoms with Crippen LogP contribution in [0.4, 0.5) is 5.69 Å². The highest BCUT2D eigenvalue weighted by Gasteiger charge is 2.16. The zero-order chi connectivity index (χ0) is 20.4. The van der Waals surface area contributed by atoms with E-state index in [2.05, 4.69) is 16.4 Å². The summed E-state index contributed by atoms with van der Waals surface area (Å²) < 4.78 is 11.6. The molecule has 146 valence electrons. The number of ether oxygens (including phenoxy) is 1. The summed E-state index contributed by atoms with van der Waals surface area (Å²) in [5, 5.41) is 2.90. The molecule has 0 saturated heterocycles. The van der Waals surface area contributed by atoms with Crippen molar-refractivity contribution in [2.75, 3.05) is 5.32 Å². The number of aryl methyl sites for hydroxylation is 2. The Kier molecular flexibility index (Phi) is 5.04. The normalized spacial score (nSPS) is 12.0. The molecule has 0 aliphatic heterocycles. The van der Waals surface area contributed by atoms with E-state index in [0.29, 0.717) is 17.3 Å². The second-order valence-corrected chi connectivity index (χ2v) is 7.14. The van der Waals surface area contributed by atoms with Crippen molar-refractivity contribution in [2.24, 2.45) is 0 Å². The lowest BCUT2D eigenvalue weighted by Gasteiger charge is -2.16. The van der Waals surface area contributed by atoms with Crippen molar-refractivity contribution in [3.63, 3.8) is 0 Å². The maximum absolute atomic E-state index is 12.6. The van der Waals surface area contributed by atoms with E-state index in [-0.39, 0.29) is 5.91 Å². The van der Waals surface area contributed by atoms with Gasteiger partial charge < -0.3 is 14.5 Å². The molecule has 4 rings (SSSR count). The Balaban J connectivity index is 1.49. The highest BCUT2D eigenvalue weighted by molar-refractivity contribution is 5.94. The number of amides is 1. The zero-order valence-corrected chi connectivity index (χ0v) is 16.6. The first kappa shape index (κ1) is 18.7. The van der Waals surface area contributed by atoms with Gasteiger partial charge in [-0.25, -0.2) is 4.98 Å². The summed E-state index contributed by atoms with van der Waals surface area (Å²) in [6, 6.07) is 20.9. The smallest absolute Gasteiger partial charge is 0.265 e. The molecule has 1 heterocycles. The first-order valence-electron chi connectivity index (χ1n) is 9.50. The quantitative estimate of drug-likeness (QED) is 0.491. The van der Waals surface area contributed by atoms with Gasteiger partial charge in [-0.3, -0.25) is 4.79 Å². The number of rotatable bonds is 5. The van der Waals surface area contributed by atoms with Crippen molar-refractivity contribution < 1.29 is 13.9 Å². The Hall–Kier alpha value is -3.60. The molecule has 5 heteroatoms. The Bertz CT molecular complexity index is 1130. The predicted octanol–water partition coefficient (Wildman–Crippen LogP) is 5.52. The van der Waals surface area contributed by atoms with Gasteiger partial charge in [0.25, 0.3) is 5.91 Å². The molecule has 0 saturated carbocycles. The van der Waals surface area contributed by atoms with Gasteiger partial charge in [0, 0.05) is 11.3 Å². The van der Waals surface area contributed by atoms with Crippen LogP contribution in [0.5, 0.6) is 5.75 Å². The molecule has 0 fully saturated rings. The fraction of sp³-hybridized carbons (Fsp3) is 0.167. The molecule has 0 bridgehead atoms. The van der Waals surface area contributed by atoms with Crippen LogP contribution in [-0.4, -0.2) is 17.0 Å². The Morgan fingerprint density at radius 3 is 2.52 bits per heavy atom. The van der Waals surface area contributed by atoms with Crippen LogP contribution in [0, 0.1) is 13.8 Å². The van der Waals surface area contributed by atoms with Gasteiger partial charge in [0.05, 0.1) is 0 Å². The van der Waals surface area contributed by atoms with E-state index in [9.17, 15) is 4.79 Å². The summed E-state index contributed by atoms with van der Waals surface area (Å²) in [6.45, 7) is 5.74. The number of anilines is 1. The number of carbonyl (C=O) groups is 1. The molecule has 1 unspecified atom stereocenters. The van der Waals surface area contributed by atoms with Crippen LogP contribution in [-0.2, 0) is 4.79 Å². The van der Waals surface area contributed by atoms with Crippen molar-refractivity contribution in [1.82, 2.24) is 4.98 Å². The van der Waals surface area contributed by atoms with Gasteiger partial charge in [0.1, 0.15) is 11.3 Å². The van der Waals surface area contributed by atoms with Crippen LogP contribution in [0.2, 0.25) is 0 Å². The first-order chi connectivity index (χ1) is 14.0. The van der Waals surface area contributed by atoms with Gasteiger partial charge in [-0.15, -0.1) is 0 Å². The monoisotopic (exact) mass is 386 g/mol. The Labute approximate surface area is 169 Å². The van der Waals surface area contributed by atoms with Gasteiger partial charge in [-0.2, -0.15) is 0 Å². The number of nitrogens with zero attached hydrogens (tertiary/aromatic N) is 1. The van der Waals surface area contributed by atoms with Crippen molar-refractivity contribution in [3.05, 3.63) is 77.9 Å². The summed E-state index contributed by atoms with van der Waals surface area (Å²) in [4.78, 5) is 17.1. The minimum atomic E-state index is -0.635. The molecule has 5 nitrogen and oxygen atoms in total. The van der Waals surface area contributed by atoms with Crippen molar-refractivity contribution in [1.29, 1.82) is 0 Å². The van der Waals surface area contributed by atoms with E-state index in [4.69, 9.17) is 9.15 Å². The summed E-state index contributed by atoms with van der Waals surface area (Å²) >= 11 is 0. The number of nitrogens with one attached hydrogen (secondary N) is 1. The molecule has 1 aromatic heterocycles. The molecular formula is C24H22N2O3. The van der Waals surface area contributed by atoms with Crippen LogP contribution in [0.15, 0.2) is 71.1 Å². The molecule has 29 heavy (non-hydrogen) atoms. The lowest BCUT2D eigenvalue weighted by Crippen LogP contribution is -2.30. The number of aromatic nitrogens is 1. The SMILES string of the molecule is Cc1cc(C)cc(OC(C)C(=O)Nc2cccc(-c3nc4ccccc4o3)c2)c1. The van der Waals surface area contributed by atoms with Crippen molar-refractivity contribution >= 4 is 22.7 Å². The Morgan fingerprint density at radius 2 is 1.76 bits per heavy atom. The Morgan fingerprint density at radius 1 is 1.00 bits per heavy atom. The van der Waals surface area contributed by atoms with Gasteiger partial charge in [0.15, 0.2) is 11.7 Å². The maximum Gasteiger partial charge on any atom is 0.265 e. The van der Waals surface area contributed by atoms with E-state index in [1.54, 1.807) is 6.92 Å². The van der Waals surface area contributed by atoms with Crippen molar-refractivity contribution in [3.8, 4) is 17.2 Å². The molecule has 4 aromatic rings. The lowest BCUT2D eigenvalue weighted by molar-refractivity contribution is -0.122. The summed E-state index contributed by atoms with van der Waals surface area (Å²) in [6.07, 6.45) is -0.635. The second kappa shape index (κ2) is 7.80. The molecule has 0 spiro atoms. The minimum Gasteiger partial charge on any atom is -0.481 e. The van der Waals surface area contributed by atoms with Gasteiger partial charge in [0.2, 0.25) is 5.89 Å². The fourth-order valence-corrected chi connectivity index (χ4v) is 3.23. The van der Waals surface area contributed by atoms with Crippen LogP contribution in [0.3, 0.4) is 0 Å². The van der Waals surface area contributed by atoms with Crippen LogP contribution in [0.1, 0.15) is 18.1 Å². The topological polar surface area (TPSA) is 64.4 Å². The number of oxazole rings is 1. The molecular weight excluding hydrogens is 364 g/mol. The van der Waals surface area contributed by atoms with E-state index >= 15 is 0 Å². The summed E-state index contributed by atoms with van der Waals surface area (Å²) in [5.41, 5.74) is 5.17. The van der Waals surface area contributed by atoms with Crippen LogP contribution in [0.25, 0.3) is 22.6 Å². The molecule has 0 radical (unpaired) electrons. The average molecular weight is 386 g/mol. The van der Waals surface area contributed by atoms with Crippen LogP contribution >= 0.6 is 0 Å². The van der Waals surface area contributed by atoms with E-state index in [0.717, 1.165) is 27.8 Å². The van der Waals surface area contributed by atoms with Gasteiger partial charge in [-0.1, -0.05) is 24.3 Å². The van der Waals surface area contributed by atoms with Crippen molar-refractivity contribution in [2.45, 2.75) is 26.9 Å². The first-order valence-corrected chi connectivity index (χ1v) is 9.50. The largest absolute Gasteiger partial charge is 0.481 e. The molecule has 0 aliphatic rings. The van der Waals surface area contributed by atoms with E-state index in [1.165, 1.54) is 0 Å². The van der Waals surface area contributed by atoms with E-state index in [1.807, 2.05) is 74.5 Å². The molecule has 1 N–H and O–H groups in total. The predicted molar refractivity (Wildman–Crippen MR) is 114 cm³/mol. The average Bonchev–Trinajstić information content (AvgIpc) is 3.11. The number of hydrogen-bond acceptors (Lipinski definition) is 4. The second-order valence-electron chi connectivity index (χ2n) is 7.14. The minimum absolute atomic E-state index is 0.223. The molecule has 1 atom stereocenters. The highest BCUT2D eigenvalue weighted by Crippen LogP contribution is 2.26. The third-order valence-electron chi connectivity index (χ3n) is 4.55. The number of hydrogen-bond donors (Lipinski definition) is 1. The summed E-state index contributed by atoms with van der Waals surface area (Å²) in [7, 11) is 0. The zero-order valence-electron chi connectivity index (χ0n) is 16.6. The summed E-state index contributed by atoms with van der Waals surface area (Å²) in [5.74, 6) is 0.978. The maximum atomic E-state index is 12.6. The molecule has 1 amide bonds. The number of fused-ring (bicyclic) bond motifs is 1. The highest BCUT2D eigenvalue weighted by atomic mass is 16.5. The van der Waals surface area contributed by atoms with Crippen LogP contribution < -0.4 is 10.1 Å². The van der Waals surface area contributed by atoms with E-state index < -0.39 is 6.10 Å². The standard InChI is InChI=1S/C24H22N2O3/c1-15-11-16(2)13-20(12-15)28-17(3)23(27)25-19-8-6-7-18(14-19)24-26-21-9-4-5-10-22(21)29-24/h4-14,17H,1-3H3,(H,25,27). The van der Waals surface area contributed by atoms with Gasteiger partial charge >= 0.3 is 0 Å². The number of para-hydroxylation sites is 2. The third kappa shape index (κ3) is 4.29. The lowest BCUT2D eigenvalue weighted by atomic mass is 10.1.